The molecule has 3 aliphatic heterocycles. The summed E-state index contributed by atoms with van der Waals surface area (Å²) in [5, 5.41) is 13.3. The molecule has 2 N–H and O–H groups in total. The molecule has 0 aromatic heterocycles. The number of phenolic OH excluding ortho intramolecular Hbond substituents is 1. The van der Waals surface area contributed by atoms with Gasteiger partial charge in [-0.1, -0.05) is 6.92 Å². The SMILES string of the molecule is CC1CC(=O)N(Cc2cc(F)c(C(=O)NC3CCN(C4CCOCC4)CC3)cc2O)C1. The lowest BCUT2D eigenvalue weighted by molar-refractivity contribution is -0.128. The molecule has 3 heterocycles. The topological polar surface area (TPSA) is 82.1 Å². The van der Waals surface area contributed by atoms with Gasteiger partial charge in [-0.15, -0.1) is 0 Å². The minimum Gasteiger partial charge on any atom is -0.508 e. The van der Waals surface area contributed by atoms with E-state index in [1.165, 1.54) is 12.1 Å². The summed E-state index contributed by atoms with van der Waals surface area (Å²) < 4.78 is 20.1. The lowest BCUT2D eigenvalue weighted by atomic mass is 9.99. The molecule has 3 aliphatic rings. The number of nitrogens with zero attached hydrogens (tertiary/aromatic N) is 2. The van der Waals surface area contributed by atoms with Crippen LogP contribution >= 0.6 is 0 Å². The first-order chi connectivity index (χ1) is 14.9. The summed E-state index contributed by atoms with van der Waals surface area (Å²) >= 11 is 0. The van der Waals surface area contributed by atoms with Gasteiger partial charge >= 0.3 is 0 Å². The Morgan fingerprint density at radius 1 is 1.23 bits per heavy atom. The van der Waals surface area contributed by atoms with E-state index in [9.17, 15) is 19.1 Å². The largest absolute Gasteiger partial charge is 0.508 e. The molecule has 0 saturated carbocycles. The highest BCUT2D eigenvalue weighted by Crippen LogP contribution is 2.27. The number of amides is 2. The van der Waals surface area contributed by atoms with Crippen LogP contribution in [0.15, 0.2) is 12.1 Å². The van der Waals surface area contributed by atoms with Gasteiger partial charge < -0.3 is 25.0 Å². The molecule has 4 rings (SSSR count). The number of nitrogens with one attached hydrogen (secondary N) is 1. The van der Waals surface area contributed by atoms with E-state index in [4.69, 9.17) is 4.74 Å². The van der Waals surface area contributed by atoms with Crippen molar-refractivity contribution in [3.8, 4) is 5.75 Å². The molecule has 1 unspecified atom stereocenters. The van der Waals surface area contributed by atoms with Crippen LogP contribution in [0.2, 0.25) is 0 Å². The fraction of sp³-hybridized carbons (Fsp3) is 0.652. The van der Waals surface area contributed by atoms with Gasteiger partial charge in [0.2, 0.25) is 5.91 Å². The quantitative estimate of drug-likeness (QED) is 0.745. The van der Waals surface area contributed by atoms with Gasteiger partial charge in [0.05, 0.1) is 5.56 Å². The van der Waals surface area contributed by atoms with Crippen molar-refractivity contribution in [1.82, 2.24) is 15.1 Å². The van der Waals surface area contributed by atoms with Gasteiger partial charge in [0.15, 0.2) is 0 Å². The molecule has 31 heavy (non-hydrogen) atoms. The summed E-state index contributed by atoms with van der Waals surface area (Å²) in [5.74, 6) is -1.09. The van der Waals surface area contributed by atoms with Crippen molar-refractivity contribution >= 4 is 11.8 Å². The molecule has 1 aromatic carbocycles. The zero-order valence-electron chi connectivity index (χ0n) is 18.1. The maximum absolute atomic E-state index is 14.7. The Morgan fingerprint density at radius 3 is 2.58 bits per heavy atom. The van der Waals surface area contributed by atoms with Crippen LogP contribution in [-0.2, 0) is 16.1 Å². The molecule has 7 nitrogen and oxygen atoms in total. The molecule has 1 atom stereocenters. The number of rotatable bonds is 5. The summed E-state index contributed by atoms with van der Waals surface area (Å²) in [7, 11) is 0. The summed E-state index contributed by atoms with van der Waals surface area (Å²) in [6.45, 7) is 6.16. The zero-order chi connectivity index (χ0) is 22.0. The summed E-state index contributed by atoms with van der Waals surface area (Å²) in [6, 6.07) is 2.90. The van der Waals surface area contributed by atoms with Gasteiger partial charge in [-0.05, 0) is 43.7 Å². The molecular weight excluding hydrogens is 401 g/mol. The molecule has 1 aromatic rings. The van der Waals surface area contributed by atoms with Crippen LogP contribution in [0.1, 0.15) is 54.9 Å². The molecular formula is C23H32FN3O4. The first kappa shape index (κ1) is 22.0. The maximum Gasteiger partial charge on any atom is 0.254 e. The van der Waals surface area contributed by atoms with Crippen molar-refractivity contribution in [2.75, 3.05) is 32.8 Å². The third-order valence-electron chi connectivity index (χ3n) is 6.75. The van der Waals surface area contributed by atoms with Gasteiger partial charge in [-0.25, -0.2) is 4.39 Å². The van der Waals surface area contributed by atoms with Crippen molar-refractivity contribution in [3.63, 3.8) is 0 Å². The predicted molar refractivity (Wildman–Crippen MR) is 113 cm³/mol. The Labute approximate surface area is 182 Å². The van der Waals surface area contributed by atoms with Crippen LogP contribution in [0.3, 0.4) is 0 Å². The van der Waals surface area contributed by atoms with Gasteiger partial charge in [-0.2, -0.15) is 0 Å². The number of likely N-dealkylation sites (tertiary alicyclic amines) is 2. The van der Waals surface area contributed by atoms with Crippen molar-refractivity contribution in [3.05, 3.63) is 29.1 Å². The van der Waals surface area contributed by atoms with Crippen molar-refractivity contribution in [2.24, 2.45) is 5.92 Å². The van der Waals surface area contributed by atoms with E-state index >= 15 is 0 Å². The molecule has 3 saturated heterocycles. The summed E-state index contributed by atoms with van der Waals surface area (Å²) in [5.41, 5.74) is 0.162. The van der Waals surface area contributed by atoms with E-state index in [0.717, 1.165) is 52.0 Å². The van der Waals surface area contributed by atoms with Crippen molar-refractivity contribution < 1.29 is 23.8 Å². The second-order valence-corrected chi connectivity index (χ2v) is 9.17. The number of halogens is 1. The number of carbonyl (C=O) groups is 2. The third kappa shape index (κ3) is 5.18. The molecule has 2 amide bonds. The monoisotopic (exact) mass is 433 g/mol. The molecule has 8 heteroatoms. The highest BCUT2D eigenvalue weighted by atomic mass is 19.1. The number of aromatic hydroxyl groups is 1. The van der Waals surface area contributed by atoms with Crippen molar-refractivity contribution in [1.29, 1.82) is 0 Å². The first-order valence-corrected chi connectivity index (χ1v) is 11.3. The Kier molecular flexibility index (Phi) is 6.77. The van der Waals surface area contributed by atoms with Gasteiger partial charge in [-0.3, -0.25) is 9.59 Å². The number of hydrogen-bond acceptors (Lipinski definition) is 5. The average molecular weight is 434 g/mol. The van der Waals surface area contributed by atoms with Crippen LogP contribution in [-0.4, -0.2) is 71.7 Å². The second kappa shape index (κ2) is 9.53. The fourth-order valence-electron chi connectivity index (χ4n) is 4.95. The van der Waals surface area contributed by atoms with Gasteiger partial charge in [0.1, 0.15) is 11.6 Å². The Morgan fingerprint density at radius 2 is 1.94 bits per heavy atom. The standard InChI is InChI=1S/C23H32FN3O4/c1-15-10-22(29)27(13-15)14-16-11-20(24)19(12-21(16)28)23(30)25-17-2-6-26(7-3-17)18-4-8-31-9-5-18/h11-12,15,17-18,28H,2-10,13-14H2,1H3,(H,25,30). The van der Waals surface area contributed by atoms with Crippen molar-refractivity contribution in [2.45, 2.75) is 57.7 Å². The minimum atomic E-state index is -0.676. The van der Waals surface area contributed by atoms with Crippen LogP contribution in [0.25, 0.3) is 0 Å². The van der Waals surface area contributed by atoms with E-state index in [-0.39, 0.29) is 35.7 Å². The number of phenols is 1. The zero-order valence-corrected chi connectivity index (χ0v) is 18.1. The lowest BCUT2D eigenvalue weighted by Crippen LogP contribution is -2.49. The molecule has 0 aliphatic carbocycles. The number of piperidine rings is 1. The van der Waals surface area contributed by atoms with Crippen LogP contribution in [0.4, 0.5) is 4.39 Å². The summed E-state index contributed by atoms with van der Waals surface area (Å²) in [6.07, 6.45) is 4.22. The van der Waals surface area contributed by atoms with E-state index in [2.05, 4.69) is 10.2 Å². The summed E-state index contributed by atoms with van der Waals surface area (Å²) in [4.78, 5) is 28.7. The van der Waals surface area contributed by atoms with Crippen LogP contribution in [0.5, 0.6) is 5.75 Å². The highest BCUT2D eigenvalue weighted by Gasteiger charge is 2.29. The van der Waals surface area contributed by atoms with E-state index < -0.39 is 11.7 Å². The molecule has 3 fully saturated rings. The van der Waals surface area contributed by atoms with Crippen LogP contribution in [0, 0.1) is 11.7 Å². The average Bonchev–Trinajstić information content (AvgIpc) is 3.08. The Hall–Kier alpha value is -2.19. The second-order valence-electron chi connectivity index (χ2n) is 9.17. The highest BCUT2D eigenvalue weighted by molar-refractivity contribution is 5.95. The molecule has 0 spiro atoms. The minimum absolute atomic E-state index is 0.00113. The van der Waals surface area contributed by atoms with Crippen LogP contribution < -0.4 is 5.32 Å². The van der Waals surface area contributed by atoms with Gasteiger partial charge in [0, 0.05) is 63.5 Å². The Bertz CT molecular complexity index is 819. The smallest absolute Gasteiger partial charge is 0.254 e. The normalized spacial score (nSPS) is 24.0. The molecule has 0 radical (unpaired) electrons. The molecule has 0 bridgehead atoms. The van der Waals surface area contributed by atoms with Gasteiger partial charge in [0.25, 0.3) is 5.91 Å². The lowest BCUT2D eigenvalue weighted by Gasteiger charge is -2.39. The van der Waals surface area contributed by atoms with E-state index in [0.29, 0.717) is 24.6 Å². The molecule has 170 valence electrons. The van der Waals surface area contributed by atoms with E-state index in [1.807, 2.05) is 6.92 Å². The first-order valence-electron chi connectivity index (χ1n) is 11.3. The predicted octanol–water partition coefficient (Wildman–Crippen LogP) is 2.27. The number of hydrogen-bond donors (Lipinski definition) is 2. The third-order valence-corrected chi connectivity index (χ3v) is 6.75. The fourth-order valence-corrected chi connectivity index (χ4v) is 4.95. The van der Waals surface area contributed by atoms with E-state index in [1.54, 1.807) is 4.90 Å². The number of benzene rings is 1. The Balaban J connectivity index is 1.33. The maximum atomic E-state index is 14.7. The number of ether oxygens (including phenoxy) is 1. The number of carbonyl (C=O) groups excluding carboxylic acids is 2.